The van der Waals surface area contributed by atoms with Gasteiger partial charge in [0.05, 0.1) is 0 Å². The van der Waals surface area contributed by atoms with Crippen LogP contribution in [0.25, 0.3) is 5.57 Å². The van der Waals surface area contributed by atoms with E-state index in [0.717, 1.165) is 24.3 Å². The zero-order valence-electron chi connectivity index (χ0n) is 17.1. The van der Waals surface area contributed by atoms with Crippen LogP contribution in [0.2, 0.25) is 0 Å². The number of alkyl halides is 7. The lowest BCUT2D eigenvalue weighted by Gasteiger charge is -2.39. The lowest BCUT2D eigenvalue weighted by molar-refractivity contribution is -0.330. The lowest BCUT2D eigenvalue weighted by Crippen LogP contribution is -2.50. The van der Waals surface area contributed by atoms with E-state index in [0.29, 0.717) is 0 Å². The predicted octanol–water partition coefficient (Wildman–Crippen LogP) is 8.32. The fraction of sp³-hybridized carbons (Fsp3) is 0.261. The molecule has 1 radical (unpaired) electrons. The van der Waals surface area contributed by atoms with E-state index in [-0.39, 0.29) is 22.3 Å². The second-order valence-corrected chi connectivity index (χ2v) is 8.78. The third kappa shape index (κ3) is 4.41. The molecule has 0 bridgehead atoms. The van der Waals surface area contributed by atoms with Gasteiger partial charge in [0.25, 0.3) is 0 Å². The zero-order chi connectivity index (χ0) is 24.8. The molecule has 3 rings (SSSR count). The van der Waals surface area contributed by atoms with Gasteiger partial charge in [0.1, 0.15) is 11.6 Å². The molecule has 0 N–H and O–H groups in total. The van der Waals surface area contributed by atoms with Crippen LogP contribution in [-0.4, -0.2) is 17.4 Å². The Morgan fingerprint density at radius 3 is 1.88 bits per heavy atom. The van der Waals surface area contributed by atoms with Gasteiger partial charge in [0.15, 0.2) is 0 Å². The molecule has 0 aromatic heterocycles. The van der Waals surface area contributed by atoms with Crippen molar-refractivity contribution in [1.82, 2.24) is 0 Å². The largest absolute Gasteiger partial charge is 0.460 e. The van der Waals surface area contributed by atoms with Gasteiger partial charge in [0.2, 0.25) is 0 Å². The first-order valence-corrected chi connectivity index (χ1v) is 10.2. The van der Waals surface area contributed by atoms with Gasteiger partial charge in [-0.05, 0) is 48.0 Å². The molecule has 1 unspecified atom stereocenters. The molecule has 0 saturated carbocycles. The van der Waals surface area contributed by atoms with E-state index in [1.165, 1.54) is 50.6 Å². The Morgan fingerprint density at radius 1 is 0.788 bits per heavy atom. The van der Waals surface area contributed by atoms with Crippen LogP contribution in [0.4, 0.5) is 39.5 Å². The van der Waals surface area contributed by atoms with Crippen molar-refractivity contribution >= 4 is 17.3 Å². The first kappa shape index (κ1) is 25.3. The van der Waals surface area contributed by atoms with Crippen LogP contribution < -0.4 is 0 Å². The quantitative estimate of drug-likeness (QED) is 0.376. The highest BCUT2D eigenvalue weighted by Crippen LogP contribution is 2.58. The molecular formula is C23H16F9S. The van der Waals surface area contributed by atoms with Crippen molar-refractivity contribution in [2.75, 3.05) is 0 Å². The standard InChI is InChI=1S/C23H16F9S/c1-13-11-18(33-23(31,32)21(26,27)22(28,29)30)19(14-7-3-5-9-16(14)24)20(2,12-13)15-8-4-6-10-17(15)25/h3-12H,1-2H3. The first-order valence-electron chi connectivity index (χ1n) is 9.42. The van der Waals surface area contributed by atoms with E-state index >= 15 is 0 Å². The van der Waals surface area contributed by atoms with Crippen molar-refractivity contribution in [2.24, 2.45) is 0 Å². The van der Waals surface area contributed by atoms with Crippen LogP contribution in [0.5, 0.6) is 0 Å². The van der Waals surface area contributed by atoms with E-state index < -0.39 is 51.1 Å². The molecule has 2 aromatic rings. The summed E-state index contributed by atoms with van der Waals surface area (Å²) in [6.07, 6.45) is -4.16. The van der Waals surface area contributed by atoms with Gasteiger partial charge in [-0.15, -0.1) is 0 Å². The summed E-state index contributed by atoms with van der Waals surface area (Å²) in [5.74, 6) is -8.12. The second-order valence-electron chi connectivity index (χ2n) is 7.62. The molecule has 0 nitrogen and oxygen atoms in total. The molecule has 0 aliphatic heterocycles. The van der Waals surface area contributed by atoms with Crippen LogP contribution in [0.15, 0.2) is 65.1 Å². The molecule has 177 valence electrons. The molecule has 0 fully saturated rings. The van der Waals surface area contributed by atoms with Crippen molar-refractivity contribution in [2.45, 2.75) is 36.6 Å². The molecule has 0 saturated heterocycles. The summed E-state index contributed by atoms with van der Waals surface area (Å²) in [5.41, 5.74) is -2.27. The van der Waals surface area contributed by atoms with Gasteiger partial charge in [-0.3, -0.25) is 0 Å². The summed E-state index contributed by atoms with van der Waals surface area (Å²) < 4.78 is 124. The third-order valence-electron chi connectivity index (χ3n) is 5.18. The Balaban J connectivity index is 2.33. The number of thioether (sulfide) groups is 1. The monoisotopic (exact) mass is 495 g/mol. The fourth-order valence-electron chi connectivity index (χ4n) is 3.72. The van der Waals surface area contributed by atoms with Gasteiger partial charge >= 0.3 is 17.4 Å². The Labute approximate surface area is 188 Å². The minimum absolute atomic E-state index is 0.0975. The SMILES string of the molecule is CC1=CC(SC(F)(F)C(F)(F)C(F)(F)F)=C(c2ccccc2F)C(C)(c2ccccc2F)[CH]1. The van der Waals surface area contributed by atoms with Gasteiger partial charge in [-0.1, -0.05) is 48.9 Å². The van der Waals surface area contributed by atoms with Gasteiger partial charge in [-0.25, -0.2) is 8.78 Å². The highest BCUT2D eigenvalue weighted by atomic mass is 32.2. The molecule has 10 heteroatoms. The van der Waals surface area contributed by atoms with Crippen molar-refractivity contribution in [3.63, 3.8) is 0 Å². The van der Waals surface area contributed by atoms with Crippen molar-refractivity contribution in [3.8, 4) is 0 Å². The van der Waals surface area contributed by atoms with Crippen molar-refractivity contribution in [1.29, 1.82) is 0 Å². The summed E-state index contributed by atoms with van der Waals surface area (Å²) in [6, 6.07) is 9.91. The lowest BCUT2D eigenvalue weighted by atomic mass is 9.67. The number of benzene rings is 2. The number of hydrogen-bond acceptors (Lipinski definition) is 1. The Bertz CT molecular complexity index is 1110. The summed E-state index contributed by atoms with van der Waals surface area (Å²) in [5, 5.41) is -5.64. The predicted molar refractivity (Wildman–Crippen MR) is 109 cm³/mol. The second kappa shape index (κ2) is 8.45. The molecule has 1 atom stereocenters. The Morgan fingerprint density at radius 2 is 1.33 bits per heavy atom. The number of allylic oxidation sites excluding steroid dienone is 3. The highest BCUT2D eigenvalue weighted by molar-refractivity contribution is 8.04. The van der Waals surface area contributed by atoms with E-state index in [1.807, 2.05) is 0 Å². The zero-order valence-corrected chi connectivity index (χ0v) is 17.9. The first-order chi connectivity index (χ1) is 15.1. The molecule has 0 heterocycles. The van der Waals surface area contributed by atoms with E-state index in [2.05, 4.69) is 0 Å². The smallest absolute Gasteiger partial charge is 0.207 e. The molecule has 1 aliphatic carbocycles. The van der Waals surface area contributed by atoms with E-state index in [4.69, 9.17) is 0 Å². The normalized spacial score (nSPS) is 20.2. The summed E-state index contributed by atoms with van der Waals surface area (Å²) in [4.78, 5) is -0.736. The minimum atomic E-state index is -6.53. The molecule has 2 aromatic carbocycles. The molecule has 0 amide bonds. The average Bonchev–Trinajstić information content (AvgIpc) is 2.67. The van der Waals surface area contributed by atoms with Crippen molar-refractivity contribution < 1.29 is 39.5 Å². The highest BCUT2D eigenvalue weighted by Gasteiger charge is 2.73. The van der Waals surface area contributed by atoms with Gasteiger partial charge in [-0.2, -0.15) is 30.7 Å². The Hall–Kier alpha value is -2.36. The summed E-state index contributed by atoms with van der Waals surface area (Å²) in [7, 11) is 0. The summed E-state index contributed by atoms with van der Waals surface area (Å²) in [6.45, 7) is 2.74. The third-order valence-corrected chi connectivity index (χ3v) is 6.23. The maximum Gasteiger partial charge on any atom is 0.460 e. The van der Waals surface area contributed by atoms with Crippen LogP contribution in [-0.2, 0) is 5.41 Å². The van der Waals surface area contributed by atoms with E-state index in [1.54, 1.807) is 0 Å². The number of halogens is 9. The molecule has 1 aliphatic rings. The van der Waals surface area contributed by atoms with Crippen LogP contribution in [0.3, 0.4) is 0 Å². The van der Waals surface area contributed by atoms with E-state index in [9.17, 15) is 39.5 Å². The summed E-state index contributed by atoms with van der Waals surface area (Å²) >= 11 is -1.03. The van der Waals surface area contributed by atoms with Gasteiger partial charge in [0, 0.05) is 22.3 Å². The number of hydrogen-bond donors (Lipinski definition) is 0. The van der Waals surface area contributed by atoms with Crippen LogP contribution >= 0.6 is 11.8 Å². The molecule has 33 heavy (non-hydrogen) atoms. The minimum Gasteiger partial charge on any atom is -0.207 e. The maximum absolute atomic E-state index is 14.8. The molecular weight excluding hydrogens is 479 g/mol. The topological polar surface area (TPSA) is 0 Å². The maximum atomic E-state index is 14.8. The number of rotatable bonds is 5. The fourth-order valence-corrected chi connectivity index (χ4v) is 4.91. The van der Waals surface area contributed by atoms with Crippen LogP contribution in [0, 0.1) is 18.1 Å². The Kier molecular flexibility index (Phi) is 6.47. The van der Waals surface area contributed by atoms with Crippen molar-refractivity contribution in [3.05, 3.63) is 94.3 Å². The average molecular weight is 495 g/mol. The van der Waals surface area contributed by atoms with Gasteiger partial charge < -0.3 is 0 Å². The molecule has 0 spiro atoms. The van der Waals surface area contributed by atoms with Crippen LogP contribution in [0.1, 0.15) is 25.0 Å².